The maximum Gasteiger partial charge on any atom is 0.319 e. The summed E-state index contributed by atoms with van der Waals surface area (Å²) in [6, 6.07) is 7.71. The van der Waals surface area contributed by atoms with Crippen LogP contribution in [0.4, 0.5) is 10.5 Å². The van der Waals surface area contributed by atoms with E-state index < -0.39 is 0 Å². The minimum atomic E-state index is -0.220. The van der Waals surface area contributed by atoms with E-state index in [1.165, 1.54) is 5.56 Å². The van der Waals surface area contributed by atoms with Gasteiger partial charge in [0.25, 0.3) is 0 Å². The average Bonchev–Trinajstić information content (AvgIpc) is 2.36. The highest BCUT2D eigenvalue weighted by molar-refractivity contribution is 6.18. The number of amides is 2. The molecule has 0 fully saturated rings. The first-order valence-electron chi connectivity index (χ1n) is 5.88. The molecule has 2 amide bonds. The van der Waals surface area contributed by atoms with Gasteiger partial charge in [0.2, 0.25) is 0 Å². The summed E-state index contributed by atoms with van der Waals surface area (Å²) in [4.78, 5) is 11.4. The highest BCUT2D eigenvalue weighted by atomic mass is 35.5. The summed E-state index contributed by atoms with van der Waals surface area (Å²) < 4.78 is 0. The van der Waals surface area contributed by atoms with E-state index in [4.69, 9.17) is 11.6 Å². The van der Waals surface area contributed by atoms with E-state index in [9.17, 15) is 4.79 Å². The van der Waals surface area contributed by atoms with Crippen LogP contribution in [0.5, 0.6) is 0 Å². The molecule has 17 heavy (non-hydrogen) atoms. The Labute approximate surface area is 108 Å². The number of urea groups is 1. The Morgan fingerprint density at radius 1 is 1.35 bits per heavy atom. The summed E-state index contributed by atoms with van der Waals surface area (Å²) in [5, 5.41) is 5.40. The van der Waals surface area contributed by atoms with Crippen LogP contribution in [0.1, 0.15) is 31.7 Å². The number of anilines is 1. The van der Waals surface area contributed by atoms with Crippen molar-refractivity contribution in [1.29, 1.82) is 0 Å². The lowest BCUT2D eigenvalue weighted by Crippen LogP contribution is -2.30. The van der Waals surface area contributed by atoms with Gasteiger partial charge in [0.1, 0.15) is 0 Å². The normalized spacial score (nSPS) is 11.9. The third-order valence-electron chi connectivity index (χ3n) is 2.73. The van der Waals surface area contributed by atoms with E-state index in [1.54, 1.807) is 0 Å². The molecule has 0 saturated heterocycles. The second-order valence-corrected chi connectivity index (χ2v) is 4.38. The van der Waals surface area contributed by atoms with Gasteiger partial charge < -0.3 is 10.6 Å². The van der Waals surface area contributed by atoms with Crippen molar-refractivity contribution in [3.63, 3.8) is 0 Å². The minimum Gasteiger partial charge on any atom is -0.337 e. The number of rotatable bonds is 5. The number of halogens is 1. The van der Waals surface area contributed by atoms with E-state index in [0.717, 1.165) is 12.1 Å². The number of carbonyl (C=O) groups is 1. The van der Waals surface area contributed by atoms with E-state index in [-0.39, 0.29) is 6.03 Å². The lowest BCUT2D eigenvalue weighted by Gasteiger charge is -2.10. The highest BCUT2D eigenvalue weighted by Gasteiger charge is 2.04. The molecular formula is C13H19ClN2O. The van der Waals surface area contributed by atoms with Gasteiger partial charge in [-0.2, -0.15) is 0 Å². The Balaban J connectivity index is 2.53. The quantitative estimate of drug-likeness (QED) is 0.775. The fraction of sp³-hybridized carbons (Fsp3) is 0.462. The molecule has 0 heterocycles. The Hall–Kier alpha value is -1.22. The summed E-state index contributed by atoms with van der Waals surface area (Å²) >= 11 is 5.48. The fourth-order valence-corrected chi connectivity index (χ4v) is 1.56. The molecule has 1 aromatic rings. The van der Waals surface area contributed by atoms with Crippen LogP contribution in [0, 0.1) is 0 Å². The summed E-state index contributed by atoms with van der Waals surface area (Å²) in [5.74, 6) is 0.967. The van der Waals surface area contributed by atoms with Crippen LogP contribution in [0.2, 0.25) is 0 Å². The molecule has 0 aliphatic carbocycles. The van der Waals surface area contributed by atoms with Gasteiger partial charge in [-0.3, -0.25) is 0 Å². The molecule has 1 aromatic carbocycles. The molecular weight excluding hydrogens is 236 g/mol. The van der Waals surface area contributed by atoms with Gasteiger partial charge in [0.05, 0.1) is 0 Å². The van der Waals surface area contributed by atoms with E-state index >= 15 is 0 Å². The molecule has 1 rings (SSSR count). The zero-order valence-electron chi connectivity index (χ0n) is 10.3. The lowest BCUT2D eigenvalue weighted by molar-refractivity contribution is 0.252. The monoisotopic (exact) mass is 254 g/mol. The Kier molecular flexibility index (Phi) is 5.84. The Morgan fingerprint density at radius 3 is 2.53 bits per heavy atom. The van der Waals surface area contributed by atoms with Crippen LogP contribution in [-0.2, 0) is 0 Å². The minimum absolute atomic E-state index is 0.220. The molecule has 3 nitrogen and oxygen atoms in total. The van der Waals surface area contributed by atoms with Gasteiger partial charge in [-0.15, -0.1) is 11.6 Å². The summed E-state index contributed by atoms with van der Waals surface area (Å²) in [7, 11) is 0. The molecule has 0 bridgehead atoms. The zero-order chi connectivity index (χ0) is 12.7. The fourth-order valence-electron chi connectivity index (χ4n) is 1.47. The number of carbonyl (C=O) groups excluding carboxylic acids is 1. The molecule has 0 spiro atoms. The van der Waals surface area contributed by atoms with Crippen molar-refractivity contribution >= 4 is 23.3 Å². The number of nitrogens with one attached hydrogen (secondary N) is 2. The molecule has 0 aromatic heterocycles. The first kappa shape index (κ1) is 13.8. The standard InChI is InChI=1S/C13H19ClN2O/c1-3-10(2)11-4-6-12(7-5-11)16-13(17)15-9-8-14/h4-7,10H,3,8-9H2,1-2H3,(H2,15,16,17)/t10-/m1/s1. The predicted octanol–water partition coefficient (Wildman–Crippen LogP) is 3.56. The van der Waals surface area contributed by atoms with Crippen molar-refractivity contribution in [3.05, 3.63) is 29.8 Å². The lowest BCUT2D eigenvalue weighted by atomic mass is 9.99. The van der Waals surface area contributed by atoms with E-state index in [0.29, 0.717) is 18.3 Å². The molecule has 0 aliphatic rings. The van der Waals surface area contributed by atoms with Gasteiger partial charge in [0.15, 0.2) is 0 Å². The van der Waals surface area contributed by atoms with Crippen molar-refractivity contribution in [2.75, 3.05) is 17.7 Å². The number of hydrogen-bond acceptors (Lipinski definition) is 1. The topological polar surface area (TPSA) is 41.1 Å². The molecule has 2 N–H and O–H groups in total. The van der Waals surface area contributed by atoms with Gasteiger partial charge in [-0.05, 0) is 30.0 Å². The molecule has 0 aliphatic heterocycles. The predicted molar refractivity (Wildman–Crippen MR) is 72.9 cm³/mol. The molecule has 0 unspecified atom stereocenters. The van der Waals surface area contributed by atoms with Crippen LogP contribution < -0.4 is 10.6 Å². The SMILES string of the molecule is CC[C@@H](C)c1ccc(NC(=O)NCCCl)cc1. The van der Waals surface area contributed by atoms with Crippen molar-refractivity contribution in [2.45, 2.75) is 26.2 Å². The van der Waals surface area contributed by atoms with Crippen molar-refractivity contribution in [3.8, 4) is 0 Å². The third kappa shape index (κ3) is 4.65. The van der Waals surface area contributed by atoms with Crippen LogP contribution in [0.3, 0.4) is 0 Å². The van der Waals surface area contributed by atoms with Gasteiger partial charge in [-0.1, -0.05) is 26.0 Å². The van der Waals surface area contributed by atoms with Crippen LogP contribution in [0.15, 0.2) is 24.3 Å². The number of alkyl halides is 1. The van der Waals surface area contributed by atoms with E-state index in [1.807, 2.05) is 24.3 Å². The largest absolute Gasteiger partial charge is 0.337 e. The maximum absolute atomic E-state index is 11.4. The first-order chi connectivity index (χ1) is 8.17. The van der Waals surface area contributed by atoms with E-state index in [2.05, 4.69) is 24.5 Å². The zero-order valence-corrected chi connectivity index (χ0v) is 11.1. The van der Waals surface area contributed by atoms with Crippen LogP contribution in [0.25, 0.3) is 0 Å². The van der Waals surface area contributed by atoms with Crippen LogP contribution >= 0.6 is 11.6 Å². The number of hydrogen-bond donors (Lipinski definition) is 2. The molecule has 1 atom stereocenters. The molecule has 0 radical (unpaired) electrons. The van der Waals surface area contributed by atoms with Crippen molar-refractivity contribution < 1.29 is 4.79 Å². The second-order valence-electron chi connectivity index (χ2n) is 4.00. The Morgan fingerprint density at radius 2 is 2.00 bits per heavy atom. The average molecular weight is 255 g/mol. The smallest absolute Gasteiger partial charge is 0.319 e. The third-order valence-corrected chi connectivity index (χ3v) is 2.92. The van der Waals surface area contributed by atoms with Crippen molar-refractivity contribution in [1.82, 2.24) is 5.32 Å². The number of benzene rings is 1. The van der Waals surface area contributed by atoms with Gasteiger partial charge >= 0.3 is 6.03 Å². The maximum atomic E-state index is 11.4. The van der Waals surface area contributed by atoms with Gasteiger partial charge in [0, 0.05) is 18.1 Å². The summed E-state index contributed by atoms with van der Waals surface area (Å²) in [6.07, 6.45) is 1.11. The van der Waals surface area contributed by atoms with Crippen LogP contribution in [-0.4, -0.2) is 18.5 Å². The Bertz CT molecular complexity index is 351. The molecule has 94 valence electrons. The van der Waals surface area contributed by atoms with Crippen molar-refractivity contribution in [2.24, 2.45) is 0 Å². The molecule has 4 heteroatoms. The van der Waals surface area contributed by atoms with Gasteiger partial charge in [-0.25, -0.2) is 4.79 Å². The first-order valence-corrected chi connectivity index (χ1v) is 6.41. The summed E-state index contributed by atoms with van der Waals surface area (Å²) in [5.41, 5.74) is 2.09. The second kappa shape index (κ2) is 7.17. The highest BCUT2D eigenvalue weighted by Crippen LogP contribution is 2.20. The molecule has 0 saturated carbocycles. The summed E-state index contributed by atoms with van der Waals surface area (Å²) in [6.45, 7) is 4.82.